The Balaban J connectivity index is 1.41. The molecular formula is C24H16ClFN6O. The summed E-state index contributed by atoms with van der Waals surface area (Å²) >= 11 is 6.03. The lowest BCUT2D eigenvalue weighted by Gasteiger charge is -2.09. The molecule has 0 bridgehead atoms. The van der Waals surface area contributed by atoms with Crippen molar-refractivity contribution in [1.82, 2.24) is 24.8 Å². The van der Waals surface area contributed by atoms with E-state index in [9.17, 15) is 9.18 Å². The molecule has 5 rings (SSSR count). The van der Waals surface area contributed by atoms with Gasteiger partial charge in [-0.05, 0) is 48.5 Å². The first-order valence-electron chi connectivity index (χ1n) is 10.0. The van der Waals surface area contributed by atoms with Gasteiger partial charge in [0.05, 0.1) is 12.1 Å². The lowest BCUT2D eigenvalue weighted by molar-refractivity contribution is -0.115. The highest BCUT2D eigenvalue weighted by molar-refractivity contribution is 6.31. The summed E-state index contributed by atoms with van der Waals surface area (Å²) in [5.74, 6) is -0.287. The van der Waals surface area contributed by atoms with E-state index in [0.29, 0.717) is 22.9 Å². The normalized spacial score (nSPS) is 11.0. The molecule has 1 N–H and O–H groups in total. The Morgan fingerprint density at radius 1 is 0.970 bits per heavy atom. The number of carbonyl (C=O) groups excluding carboxylic acids is 1. The van der Waals surface area contributed by atoms with Gasteiger partial charge in [-0.25, -0.2) is 4.39 Å². The molecule has 3 heterocycles. The summed E-state index contributed by atoms with van der Waals surface area (Å²) in [6.45, 7) is 0. The largest absolute Gasteiger partial charge is 0.326 e. The van der Waals surface area contributed by atoms with Gasteiger partial charge in [-0.3, -0.25) is 9.78 Å². The minimum atomic E-state index is -0.511. The molecule has 0 saturated heterocycles. The van der Waals surface area contributed by atoms with Crippen molar-refractivity contribution in [3.05, 3.63) is 95.5 Å². The Kier molecular flexibility index (Phi) is 5.50. The minimum Gasteiger partial charge on any atom is -0.326 e. The van der Waals surface area contributed by atoms with Crippen LogP contribution in [0, 0.1) is 5.82 Å². The van der Waals surface area contributed by atoms with Gasteiger partial charge in [0.2, 0.25) is 5.91 Å². The van der Waals surface area contributed by atoms with Gasteiger partial charge < -0.3 is 5.32 Å². The number of hydrogen-bond acceptors (Lipinski definition) is 5. The molecule has 0 unspecified atom stereocenters. The number of fused-ring (bicyclic) bond motifs is 1. The van der Waals surface area contributed by atoms with Crippen molar-refractivity contribution in [2.45, 2.75) is 6.42 Å². The van der Waals surface area contributed by atoms with Gasteiger partial charge in [0.25, 0.3) is 0 Å². The fourth-order valence-corrected chi connectivity index (χ4v) is 3.68. The van der Waals surface area contributed by atoms with Gasteiger partial charge in [-0.15, -0.1) is 10.2 Å². The van der Waals surface area contributed by atoms with Gasteiger partial charge in [0, 0.05) is 39.8 Å². The van der Waals surface area contributed by atoms with Crippen LogP contribution in [0.2, 0.25) is 5.02 Å². The number of hydrogen-bond donors (Lipinski definition) is 1. The van der Waals surface area contributed by atoms with Crippen LogP contribution in [-0.4, -0.2) is 30.7 Å². The lowest BCUT2D eigenvalue weighted by atomic mass is 10.1. The summed E-state index contributed by atoms with van der Waals surface area (Å²) in [7, 11) is 0. The van der Waals surface area contributed by atoms with Crippen LogP contribution in [0.15, 0.2) is 79.1 Å². The topological polar surface area (TPSA) is 85.1 Å². The number of nitrogens with one attached hydrogen (secondary N) is 1. The Bertz CT molecular complexity index is 1450. The fourth-order valence-electron chi connectivity index (χ4n) is 3.45. The monoisotopic (exact) mass is 458 g/mol. The van der Waals surface area contributed by atoms with Gasteiger partial charge in [0.1, 0.15) is 5.82 Å². The van der Waals surface area contributed by atoms with E-state index in [1.165, 1.54) is 12.1 Å². The second kappa shape index (κ2) is 8.76. The zero-order chi connectivity index (χ0) is 22.8. The van der Waals surface area contributed by atoms with Crippen molar-refractivity contribution >= 4 is 28.8 Å². The second-order valence-electron chi connectivity index (χ2n) is 7.25. The molecule has 7 nitrogen and oxygen atoms in total. The molecular weight excluding hydrogens is 443 g/mol. The molecule has 5 aromatic rings. The SMILES string of the molecule is O=C(Cc1c(F)cccc1Cl)Nc1cccc(-c2ccc3nnc(-c4ccncc4)n3n2)c1. The summed E-state index contributed by atoms with van der Waals surface area (Å²) in [4.78, 5) is 16.5. The number of nitrogens with zero attached hydrogens (tertiary/aromatic N) is 5. The molecule has 0 radical (unpaired) electrons. The summed E-state index contributed by atoms with van der Waals surface area (Å²) < 4.78 is 15.7. The predicted octanol–water partition coefficient (Wildman–Crippen LogP) is 4.83. The van der Waals surface area contributed by atoms with Gasteiger partial charge in [0.15, 0.2) is 11.5 Å². The fraction of sp³-hybridized carbons (Fsp3) is 0.0417. The average Bonchev–Trinajstić information content (AvgIpc) is 3.26. The Labute approximate surface area is 192 Å². The van der Waals surface area contributed by atoms with Crippen LogP contribution < -0.4 is 5.32 Å². The first kappa shape index (κ1) is 20.7. The van der Waals surface area contributed by atoms with Crippen LogP contribution in [-0.2, 0) is 11.2 Å². The van der Waals surface area contributed by atoms with Gasteiger partial charge >= 0.3 is 0 Å². The molecule has 0 aliphatic heterocycles. The van der Waals surface area contributed by atoms with Crippen molar-refractivity contribution in [1.29, 1.82) is 0 Å². The Morgan fingerprint density at radius 3 is 2.61 bits per heavy atom. The highest BCUT2D eigenvalue weighted by Gasteiger charge is 2.14. The molecule has 33 heavy (non-hydrogen) atoms. The molecule has 2 aromatic carbocycles. The number of pyridine rings is 1. The van der Waals surface area contributed by atoms with E-state index in [4.69, 9.17) is 11.6 Å². The first-order chi connectivity index (χ1) is 16.1. The molecule has 1 amide bonds. The maximum absolute atomic E-state index is 14.0. The van der Waals surface area contributed by atoms with E-state index >= 15 is 0 Å². The van der Waals surface area contributed by atoms with Crippen molar-refractivity contribution < 1.29 is 9.18 Å². The summed E-state index contributed by atoms with van der Waals surface area (Å²) in [5.41, 5.74) is 3.63. The molecule has 0 aliphatic rings. The molecule has 3 aromatic heterocycles. The molecule has 9 heteroatoms. The second-order valence-corrected chi connectivity index (χ2v) is 7.66. The zero-order valence-electron chi connectivity index (χ0n) is 17.1. The third kappa shape index (κ3) is 4.28. The standard InChI is InChI=1S/C24H16ClFN6O/c25-19-5-2-6-20(26)18(19)14-23(33)28-17-4-1-3-16(13-17)21-7-8-22-29-30-24(32(22)31-21)15-9-11-27-12-10-15/h1-13H,14H2,(H,28,33). The summed E-state index contributed by atoms with van der Waals surface area (Å²) in [5, 5.41) is 16.1. The van der Waals surface area contributed by atoms with E-state index in [-0.39, 0.29) is 22.9 Å². The quantitative estimate of drug-likeness (QED) is 0.408. The van der Waals surface area contributed by atoms with Gasteiger partial charge in [-0.2, -0.15) is 9.61 Å². The first-order valence-corrected chi connectivity index (χ1v) is 10.4. The van der Waals surface area contributed by atoms with Gasteiger partial charge in [-0.1, -0.05) is 29.8 Å². The van der Waals surface area contributed by atoms with E-state index < -0.39 is 5.82 Å². The molecule has 0 spiro atoms. The third-order valence-corrected chi connectivity index (χ3v) is 5.40. The van der Waals surface area contributed by atoms with E-state index in [1.54, 1.807) is 35.1 Å². The Hall–Kier alpha value is -4.17. The van der Waals surface area contributed by atoms with E-state index in [2.05, 4.69) is 25.6 Å². The third-order valence-electron chi connectivity index (χ3n) is 5.04. The van der Waals surface area contributed by atoms with E-state index in [0.717, 1.165) is 11.1 Å². The summed E-state index contributed by atoms with van der Waals surface area (Å²) in [6.07, 6.45) is 3.19. The highest BCUT2D eigenvalue weighted by atomic mass is 35.5. The average molecular weight is 459 g/mol. The van der Waals surface area contributed by atoms with Crippen molar-refractivity contribution in [2.24, 2.45) is 0 Å². The molecule has 0 atom stereocenters. The molecule has 162 valence electrons. The maximum atomic E-state index is 14.0. The lowest BCUT2D eigenvalue weighted by Crippen LogP contribution is -2.15. The maximum Gasteiger partial charge on any atom is 0.228 e. The van der Waals surface area contributed by atoms with Crippen molar-refractivity contribution in [2.75, 3.05) is 5.32 Å². The molecule has 0 aliphatic carbocycles. The molecule has 0 fully saturated rings. The number of anilines is 1. The van der Waals surface area contributed by atoms with Crippen molar-refractivity contribution in [3.8, 4) is 22.6 Å². The number of halogens is 2. The van der Waals surface area contributed by atoms with E-state index in [1.807, 2.05) is 36.4 Å². The Morgan fingerprint density at radius 2 is 1.79 bits per heavy atom. The summed E-state index contributed by atoms with van der Waals surface area (Å²) in [6, 6.07) is 18.9. The van der Waals surface area contributed by atoms with Crippen LogP contribution in [0.3, 0.4) is 0 Å². The minimum absolute atomic E-state index is 0.163. The highest BCUT2D eigenvalue weighted by Crippen LogP contribution is 2.24. The van der Waals surface area contributed by atoms with Crippen LogP contribution in [0.25, 0.3) is 28.3 Å². The smallest absolute Gasteiger partial charge is 0.228 e. The number of carbonyl (C=O) groups is 1. The zero-order valence-corrected chi connectivity index (χ0v) is 17.9. The van der Waals surface area contributed by atoms with Crippen molar-refractivity contribution in [3.63, 3.8) is 0 Å². The van der Waals surface area contributed by atoms with Crippen LogP contribution in [0.4, 0.5) is 10.1 Å². The van der Waals surface area contributed by atoms with Crippen LogP contribution in [0.5, 0.6) is 0 Å². The number of aromatic nitrogens is 5. The van der Waals surface area contributed by atoms with Crippen LogP contribution >= 0.6 is 11.6 Å². The number of benzene rings is 2. The number of amides is 1. The predicted molar refractivity (Wildman–Crippen MR) is 123 cm³/mol. The van der Waals surface area contributed by atoms with Crippen LogP contribution in [0.1, 0.15) is 5.56 Å². The molecule has 0 saturated carbocycles. The number of rotatable bonds is 5.